The summed E-state index contributed by atoms with van der Waals surface area (Å²) in [5.74, 6) is 0.607. The van der Waals surface area contributed by atoms with Crippen LogP contribution in [0.25, 0.3) is 0 Å². The minimum absolute atomic E-state index is 0.117. The van der Waals surface area contributed by atoms with Gasteiger partial charge in [0.05, 0.1) is 16.6 Å². The highest BCUT2D eigenvalue weighted by Crippen LogP contribution is 2.32. The highest BCUT2D eigenvalue weighted by molar-refractivity contribution is 7.89. The molecular weight excluding hydrogens is 331 g/mol. The summed E-state index contributed by atoms with van der Waals surface area (Å²) in [6.07, 6.45) is -1.65. The molecule has 4 nitrogen and oxygen atoms in total. The molecule has 1 aromatic rings. The Balaban J connectivity index is 1.66. The maximum absolute atomic E-state index is 12.5. The van der Waals surface area contributed by atoms with E-state index in [4.69, 9.17) is 4.74 Å². The standard InChI is InChI=1S/C15H18F3NO3S/c16-15(17,18)12-3-5-14(6-4-12)23(20,21)19-8-7-13(9-19)22-10-11-1-2-11/h3-6,11,13H,1-2,7-10H2. The van der Waals surface area contributed by atoms with Gasteiger partial charge in [-0.1, -0.05) is 0 Å². The van der Waals surface area contributed by atoms with Crippen LogP contribution in [0.3, 0.4) is 0 Å². The first-order valence-electron chi connectivity index (χ1n) is 7.56. The van der Waals surface area contributed by atoms with Crippen molar-refractivity contribution in [3.05, 3.63) is 29.8 Å². The molecule has 0 amide bonds. The van der Waals surface area contributed by atoms with Gasteiger partial charge in [-0.3, -0.25) is 0 Å². The molecule has 0 radical (unpaired) electrons. The van der Waals surface area contributed by atoms with Gasteiger partial charge in [-0.15, -0.1) is 0 Å². The number of hydrogen-bond donors (Lipinski definition) is 0. The van der Waals surface area contributed by atoms with Crippen molar-refractivity contribution in [2.24, 2.45) is 5.92 Å². The lowest BCUT2D eigenvalue weighted by atomic mass is 10.2. The maximum Gasteiger partial charge on any atom is 0.416 e. The van der Waals surface area contributed by atoms with Gasteiger partial charge in [0.1, 0.15) is 0 Å². The molecule has 1 aliphatic heterocycles. The van der Waals surface area contributed by atoms with Crippen molar-refractivity contribution in [3.8, 4) is 0 Å². The van der Waals surface area contributed by atoms with Crippen LogP contribution in [0, 0.1) is 5.92 Å². The molecule has 1 aliphatic carbocycles. The number of benzene rings is 1. The van der Waals surface area contributed by atoms with Gasteiger partial charge in [0.15, 0.2) is 0 Å². The van der Waals surface area contributed by atoms with Crippen LogP contribution in [0.4, 0.5) is 13.2 Å². The Morgan fingerprint density at radius 1 is 1.13 bits per heavy atom. The zero-order chi connectivity index (χ0) is 16.7. The van der Waals surface area contributed by atoms with E-state index < -0.39 is 21.8 Å². The van der Waals surface area contributed by atoms with E-state index in [1.54, 1.807) is 0 Å². The van der Waals surface area contributed by atoms with Gasteiger partial charge < -0.3 is 4.74 Å². The van der Waals surface area contributed by atoms with Crippen molar-refractivity contribution in [1.29, 1.82) is 0 Å². The predicted octanol–water partition coefficient (Wildman–Crippen LogP) is 2.90. The second-order valence-electron chi connectivity index (χ2n) is 6.07. The summed E-state index contributed by atoms with van der Waals surface area (Å²) in [6, 6.07) is 3.61. The van der Waals surface area contributed by atoms with Gasteiger partial charge in [0, 0.05) is 19.7 Å². The van der Waals surface area contributed by atoms with Crippen molar-refractivity contribution in [2.45, 2.75) is 36.4 Å². The van der Waals surface area contributed by atoms with Gasteiger partial charge in [-0.25, -0.2) is 8.42 Å². The number of alkyl halides is 3. The molecule has 1 saturated carbocycles. The molecule has 0 bridgehead atoms. The lowest BCUT2D eigenvalue weighted by Gasteiger charge is -2.17. The summed E-state index contributed by atoms with van der Waals surface area (Å²) < 4.78 is 69.6. The number of rotatable bonds is 5. The number of nitrogens with zero attached hydrogens (tertiary/aromatic N) is 1. The molecule has 128 valence electrons. The molecule has 0 spiro atoms. The topological polar surface area (TPSA) is 46.6 Å². The normalized spacial score (nSPS) is 23.3. The molecular formula is C15H18F3NO3S. The van der Waals surface area contributed by atoms with Crippen molar-refractivity contribution >= 4 is 10.0 Å². The lowest BCUT2D eigenvalue weighted by molar-refractivity contribution is -0.137. The van der Waals surface area contributed by atoms with Crippen LogP contribution < -0.4 is 0 Å². The first-order chi connectivity index (χ1) is 10.8. The molecule has 3 rings (SSSR count). The predicted molar refractivity (Wildman–Crippen MR) is 77.3 cm³/mol. The van der Waals surface area contributed by atoms with Crippen LogP contribution in [0.1, 0.15) is 24.8 Å². The van der Waals surface area contributed by atoms with Crippen LogP contribution in [0.2, 0.25) is 0 Å². The molecule has 23 heavy (non-hydrogen) atoms. The highest BCUT2D eigenvalue weighted by Gasteiger charge is 2.35. The molecule has 0 aromatic heterocycles. The first kappa shape index (κ1) is 16.7. The highest BCUT2D eigenvalue weighted by atomic mass is 32.2. The van der Waals surface area contributed by atoms with E-state index in [9.17, 15) is 21.6 Å². The van der Waals surface area contributed by atoms with E-state index >= 15 is 0 Å². The van der Waals surface area contributed by atoms with Crippen LogP contribution in [-0.4, -0.2) is 38.5 Å². The Morgan fingerprint density at radius 2 is 1.78 bits per heavy atom. The zero-order valence-corrected chi connectivity index (χ0v) is 13.2. The van der Waals surface area contributed by atoms with E-state index in [1.165, 1.54) is 17.1 Å². The molecule has 1 atom stereocenters. The summed E-state index contributed by atoms with van der Waals surface area (Å²) in [6.45, 7) is 1.26. The van der Waals surface area contributed by atoms with Crippen molar-refractivity contribution in [2.75, 3.05) is 19.7 Å². The van der Waals surface area contributed by atoms with Crippen LogP contribution in [0.15, 0.2) is 29.2 Å². The van der Waals surface area contributed by atoms with E-state index in [-0.39, 0.29) is 17.5 Å². The van der Waals surface area contributed by atoms with E-state index in [0.29, 0.717) is 25.5 Å². The third-order valence-corrected chi connectivity index (χ3v) is 6.07. The van der Waals surface area contributed by atoms with Gasteiger partial charge in [0.2, 0.25) is 10.0 Å². The largest absolute Gasteiger partial charge is 0.416 e. The van der Waals surface area contributed by atoms with Gasteiger partial charge in [-0.2, -0.15) is 17.5 Å². The maximum atomic E-state index is 12.5. The van der Waals surface area contributed by atoms with Gasteiger partial charge >= 0.3 is 6.18 Å². The minimum Gasteiger partial charge on any atom is -0.377 e. The summed E-state index contributed by atoms with van der Waals surface area (Å²) >= 11 is 0. The third-order valence-electron chi connectivity index (χ3n) is 4.19. The Bertz CT molecular complexity index is 654. The third kappa shape index (κ3) is 3.87. The number of halogens is 3. The van der Waals surface area contributed by atoms with Crippen LogP contribution in [0.5, 0.6) is 0 Å². The average molecular weight is 349 g/mol. The summed E-state index contributed by atoms with van der Waals surface area (Å²) in [7, 11) is -3.77. The van der Waals surface area contributed by atoms with Gasteiger partial charge in [0.25, 0.3) is 0 Å². The number of sulfonamides is 1. The zero-order valence-electron chi connectivity index (χ0n) is 12.4. The van der Waals surface area contributed by atoms with E-state index in [1.807, 2.05) is 0 Å². The van der Waals surface area contributed by atoms with E-state index in [2.05, 4.69) is 0 Å². The summed E-state index contributed by atoms with van der Waals surface area (Å²) in [5, 5.41) is 0. The second-order valence-corrected chi connectivity index (χ2v) is 8.01. The minimum atomic E-state index is -4.47. The fourth-order valence-corrected chi connectivity index (χ4v) is 4.06. The van der Waals surface area contributed by atoms with Crippen LogP contribution >= 0.6 is 0 Å². The Morgan fingerprint density at radius 3 is 2.35 bits per heavy atom. The summed E-state index contributed by atoms with van der Waals surface area (Å²) in [5.41, 5.74) is -0.858. The molecule has 2 fully saturated rings. The number of ether oxygens (including phenoxy) is 1. The van der Waals surface area contributed by atoms with Crippen molar-refractivity contribution in [1.82, 2.24) is 4.31 Å². The molecule has 2 aliphatic rings. The van der Waals surface area contributed by atoms with E-state index in [0.717, 1.165) is 24.3 Å². The second kappa shape index (κ2) is 6.07. The molecule has 1 saturated heterocycles. The Labute approximate surface area is 133 Å². The fourth-order valence-electron chi connectivity index (χ4n) is 2.57. The lowest BCUT2D eigenvalue weighted by Crippen LogP contribution is -2.30. The smallest absolute Gasteiger partial charge is 0.377 e. The molecule has 1 unspecified atom stereocenters. The first-order valence-corrected chi connectivity index (χ1v) is 9.00. The summed E-state index contributed by atoms with van der Waals surface area (Å²) in [4.78, 5) is -0.117. The quantitative estimate of drug-likeness (QED) is 0.821. The van der Waals surface area contributed by atoms with Gasteiger partial charge in [-0.05, 0) is 49.4 Å². The Hall–Kier alpha value is -1.12. The number of hydrogen-bond acceptors (Lipinski definition) is 3. The molecule has 0 N–H and O–H groups in total. The van der Waals surface area contributed by atoms with Crippen molar-refractivity contribution in [3.63, 3.8) is 0 Å². The SMILES string of the molecule is O=S(=O)(c1ccc(C(F)(F)F)cc1)N1CCC(OCC2CC2)C1. The molecule has 1 heterocycles. The van der Waals surface area contributed by atoms with Crippen LogP contribution in [-0.2, 0) is 20.9 Å². The molecule has 8 heteroatoms. The fraction of sp³-hybridized carbons (Fsp3) is 0.600. The average Bonchev–Trinajstić information content (AvgIpc) is 3.20. The van der Waals surface area contributed by atoms with Crippen molar-refractivity contribution < 1.29 is 26.3 Å². The monoisotopic (exact) mass is 349 g/mol. The Kier molecular flexibility index (Phi) is 4.41. The molecule has 1 aromatic carbocycles.